The van der Waals surface area contributed by atoms with Gasteiger partial charge in [0, 0.05) is 5.56 Å². The minimum absolute atomic E-state index is 0.118. The number of cyclic esters (lactones) is 1. The molecule has 3 aromatic carbocycles. The van der Waals surface area contributed by atoms with Gasteiger partial charge in [-0.1, -0.05) is 24.3 Å². The first kappa shape index (κ1) is 24.5. The number of methoxy groups -OCH3 is 1. The van der Waals surface area contributed by atoms with Crippen molar-refractivity contribution in [3.63, 3.8) is 0 Å². The second-order valence-electron chi connectivity index (χ2n) is 7.53. The number of ether oxygens (including phenoxy) is 5. The van der Waals surface area contributed by atoms with Crippen molar-refractivity contribution in [2.24, 2.45) is 4.99 Å². The molecule has 0 N–H and O–H groups in total. The molecule has 0 radical (unpaired) electrons. The van der Waals surface area contributed by atoms with Gasteiger partial charge in [0.1, 0.15) is 0 Å². The third-order valence-electron chi connectivity index (χ3n) is 5.11. The van der Waals surface area contributed by atoms with Gasteiger partial charge in [0.25, 0.3) is 0 Å². The van der Waals surface area contributed by atoms with Crippen LogP contribution >= 0.6 is 0 Å². The third-order valence-corrected chi connectivity index (χ3v) is 5.11. The molecule has 1 aliphatic rings. The molecule has 0 saturated heterocycles. The lowest BCUT2D eigenvalue weighted by atomic mass is 10.1. The van der Waals surface area contributed by atoms with Gasteiger partial charge in [0.15, 0.2) is 28.7 Å². The zero-order chi connectivity index (χ0) is 25.5. The topological polar surface area (TPSA) is 92.7 Å². The van der Waals surface area contributed by atoms with Crippen LogP contribution in [0.2, 0.25) is 0 Å². The van der Waals surface area contributed by atoms with Crippen molar-refractivity contribution in [2.75, 3.05) is 20.3 Å². The van der Waals surface area contributed by atoms with E-state index in [0.717, 1.165) is 0 Å². The van der Waals surface area contributed by atoms with Crippen molar-refractivity contribution in [3.05, 3.63) is 89.1 Å². The Balaban J connectivity index is 1.57. The molecule has 0 aliphatic carbocycles. The Morgan fingerprint density at radius 3 is 2.33 bits per heavy atom. The van der Waals surface area contributed by atoms with E-state index >= 15 is 0 Å². The smallest absolute Gasteiger partial charge is 0.363 e. The number of aliphatic imine (C=N–C) groups is 1. The number of rotatable bonds is 9. The van der Waals surface area contributed by atoms with E-state index < -0.39 is 11.9 Å². The average Bonchev–Trinajstić information content (AvgIpc) is 3.26. The van der Waals surface area contributed by atoms with E-state index in [2.05, 4.69) is 4.99 Å². The maximum atomic E-state index is 12.5. The van der Waals surface area contributed by atoms with E-state index in [1.807, 2.05) is 19.9 Å². The summed E-state index contributed by atoms with van der Waals surface area (Å²) in [5.74, 6) is 0.797. The predicted octanol–water partition coefficient (Wildman–Crippen LogP) is 5.06. The zero-order valence-electron chi connectivity index (χ0n) is 20.1. The van der Waals surface area contributed by atoms with Gasteiger partial charge in [0.05, 0.1) is 25.9 Å². The first-order chi connectivity index (χ1) is 17.5. The molecule has 0 fully saturated rings. The van der Waals surface area contributed by atoms with Crippen molar-refractivity contribution < 1.29 is 33.3 Å². The second kappa shape index (κ2) is 11.2. The first-order valence-electron chi connectivity index (χ1n) is 11.4. The molecule has 4 rings (SSSR count). The minimum Gasteiger partial charge on any atom is -0.493 e. The molecule has 0 aromatic heterocycles. The molecule has 8 heteroatoms. The van der Waals surface area contributed by atoms with Gasteiger partial charge < -0.3 is 23.7 Å². The maximum Gasteiger partial charge on any atom is 0.363 e. The molecule has 8 nitrogen and oxygen atoms in total. The average molecular weight is 488 g/mol. The van der Waals surface area contributed by atoms with E-state index in [1.165, 1.54) is 7.11 Å². The molecule has 0 amide bonds. The number of esters is 2. The summed E-state index contributed by atoms with van der Waals surface area (Å²) in [7, 11) is 1.47. The molecule has 0 saturated carbocycles. The standard InChI is InChI=1S/C28H25NO7/c1-4-33-22-14-12-20(17-25(22)34-5-2)26-29-21(28(31)36-26)15-18-11-13-23(24(16-18)32-3)35-27(30)19-9-7-6-8-10-19/h6-17H,4-5H2,1-3H3/b21-15-. The van der Waals surface area contributed by atoms with E-state index in [0.29, 0.717) is 47.2 Å². The van der Waals surface area contributed by atoms with Gasteiger partial charge in [0.2, 0.25) is 5.90 Å². The van der Waals surface area contributed by atoms with E-state index in [1.54, 1.807) is 66.7 Å². The van der Waals surface area contributed by atoms with Crippen molar-refractivity contribution in [1.82, 2.24) is 0 Å². The number of carbonyl (C=O) groups is 2. The highest BCUT2D eigenvalue weighted by atomic mass is 16.6. The normalized spacial score (nSPS) is 13.7. The van der Waals surface area contributed by atoms with E-state index in [-0.39, 0.29) is 17.3 Å². The summed E-state index contributed by atoms with van der Waals surface area (Å²) in [6.07, 6.45) is 1.57. The zero-order valence-corrected chi connectivity index (χ0v) is 20.1. The van der Waals surface area contributed by atoms with Crippen LogP contribution < -0.4 is 18.9 Å². The quantitative estimate of drug-likeness (QED) is 0.237. The van der Waals surface area contributed by atoms with Gasteiger partial charge in [-0.2, -0.15) is 0 Å². The SMILES string of the molecule is CCOc1ccc(C2=N/C(=C\c3ccc(OC(=O)c4ccccc4)c(OC)c3)C(=O)O2)cc1OCC. The third kappa shape index (κ3) is 5.55. The summed E-state index contributed by atoms with van der Waals surface area (Å²) in [4.78, 5) is 29.3. The number of hydrogen-bond donors (Lipinski definition) is 0. The van der Waals surface area contributed by atoms with Gasteiger partial charge in [-0.25, -0.2) is 14.6 Å². The molecule has 184 valence electrons. The molecule has 1 aliphatic heterocycles. The minimum atomic E-state index is -0.588. The lowest BCUT2D eigenvalue weighted by Gasteiger charge is -2.11. The summed E-state index contributed by atoms with van der Waals surface area (Å²) in [5.41, 5.74) is 1.74. The summed E-state index contributed by atoms with van der Waals surface area (Å²) < 4.78 is 27.5. The molecular formula is C28H25NO7. The van der Waals surface area contributed by atoms with Crippen LogP contribution in [0.4, 0.5) is 0 Å². The highest BCUT2D eigenvalue weighted by Gasteiger charge is 2.25. The monoisotopic (exact) mass is 487 g/mol. The Kier molecular flexibility index (Phi) is 7.65. The fourth-order valence-electron chi connectivity index (χ4n) is 3.47. The van der Waals surface area contributed by atoms with Crippen LogP contribution in [0.1, 0.15) is 35.3 Å². The Morgan fingerprint density at radius 1 is 0.889 bits per heavy atom. The van der Waals surface area contributed by atoms with Crippen LogP contribution in [-0.4, -0.2) is 38.2 Å². The van der Waals surface area contributed by atoms with Crippen molar-refractivity contribution in [3.8, 4) is 23.0 Å². The number of benzene rings is 3. The molecule has 36 heavy (non-hydrogen) atoms. The first-order valence-corrected chi connectivity index (χ1v) is 11.4. The molecule has 0 spiro atoms. The van der Waals surface area contributed by atoms with Crippen LogP contribution in [0.15, 0.2) is 77.4 Å². The summed E-state index contributed by atoms with van der Waals surface area (Å²) in [5, 5.41) is 0. The molecule has 1 heterocycles. The largest absolute Gasteiger partial charge is 0.493 e. The molecule has 0 bridgehead atoms. The summed E-state index contributed by atoms with van der Waals surface area (Å²) >= 11 is 0. The van der Waals surface area contributed by atoms with Crippen LogP contribution in [0.25, 0.3) is 6.08 Å². The Hall–Kier alpha value is -4.59. The Morgan fingerprint density at radius 2 is 1.61 bits per heavy atom. The number of hydrogen-bond acceptors (Lipinski definition) is 8. The highest BCUT2D eigenvalue weighted by molar-refractivity contribution is 6.13. The Bertz CT molecular complexity index is 1330. The van der Waals surface area contributed by atoms with Crippen LogP contribution in [-0.2, 0) is 9.53 Å². The van der Waals surface area contributed by atoms with Gasteiger partial charge in [-0.3, -0.25) is 0 Å². The highest BCUT2D eigenvalue weighted by Crippen LogP contribution is 2.32. The van der Waals surface area contributed by atoms with Crippen LogP contribution in [0.5, 0.6) is 23.0 Å². The summed E-state index contributed by atoms with van der Waals surface area (Å²) in [6, 6.07) is 18.8. The van der Waals surface area contributed by atoms with Gasteiger partial charge >= 0.3 is 11.9 Å². The lowest BCUT2D eigenvalue weighted by Crippen LogP contribution is -2.09. The molecular weight excluding hydrogens is 462 g/mol. The van der Waals surface area contributed by atoms with Crippen molar-refractivity contribution in [1.29, 1.82) is 0 Å². The van der Waals surface area contributed by atoms with E-state index in [4.69, 9.17) is 23.7 Å². The fraction of sp³-hybridized carbons (Fsp3) is 0.179. The molecule has 3 aromatic rings. The maximum absolute atomic E-state index is 12.5. The number of nitrogens with zero attached hydrogens (tertiary/aromatic N) is 1. The fourth-order valence-corrected chi connectivity index (χ4v) is 3.47. The molecule has 0 unspecified atom stereocenters. The second-order valence-corrected chi connectivity index (χ2v) is 7.53. The Labute approximate surface area is 208 Å². The number of carbonyl (C=O) groups excluding carboxylic acids is 2. The van der Waals surface area contributed by atoms with Gasteiger partial charge in [-0.05, 0) is 68.0 Å². The molecule has 0 atom stereocenters. The summed E-state index contributed by atoms with van der Waals surface area (Å²) in [6.45, 7) is 4.71. The lowest BCUT2D eigenvalue weighted by molar-refractivity contribution is -0.129. The van der Waals surface area contributed by atoms with Crippen molar-refractivity contribution in [2.45, 2.75) is 13.8 Å². The van der Waals surface area contributed by atoms with Crippen LogP contribution in [0.3, 0.4) is 0 Å². The van der Waals surface area contributed by atoms with E-state index in [9.17, 15) is 9.59 Å². The van der Waals surface area contributed by atoms with Crippen molar-refractivity contribution >= 4 is 23.9 Å². The van der Waals surface area contributed by atoms with Gasteiger partial charge in [-0.15, -0.1) is 0 Å². The predicted molar refractivity (Wildman–Crippen MR) is 134 cm³/mol. The van der Waals surface area contributed by atoms with Crippen LogP contribution in [0, 0.1) is 0 Å².